The van der Waals surface area contributed by atoms with Gasteiger partial charge < -0.3 is 14.8 Å². The van der Waals surface area contributed by atoms with Crippen molar-refractivity contribution in [2.75, 3.05) is 26.8 Å². The molecule has 1 rings (SSSR count). The molecule has 0 aliphatic carbocycles. The molecule has 0 aliphatic heterocycles. The van der Waals surface area contributed by atoms with Crippen LogP contribution >= 0.6 is 0 Å². The van der Waals surface area contributed by atoms with Crippen molar-refractivity contribution in [3.8, 4) is 6.01 Å². The maximum Gasteiger partial charge on any atom is 0.335 e. The van der Waals surface area contributed by atoms with Crippen molar-refractivity contribution in [1.29, 1.82) is 0 Å². The zero-order valence-corrected chi connectivity index (χ0v) is 10.1. The molecule has 16 heavy (non-hydrogen) atoms. The molecule has 0 saturated heterocycles. The molecule has 0 saturated carbocycles. The van der Waals surface area contributed by atoms with E-state index in [0.717, 1.165) is 19.5 Å². The van der Waals surface area contributed by atoms with E-state index in [1.54, 1.807) is 25.2 Å². The third-order valence-corrected chi connectivity index (χ3v) is 2.00. The Bertz CT molecular complexity index is 290. The van der Waals surface area contributed by atoms with Gasteiger partial charge in [-0.25, -0.2) is 0 Å². The van der Waals surface area contributed by atoms with E-state index in [4.69, 9.17) is 9.47 Å². The number of rotatable bonds is 8. The van der Waals surface area contributed by atoms with Crippen LogP contribution in [-0.2, 0) is 11.8 Å². The molecule has 0 aliphatic rings. The zero-order chi connectivity index (χ0) is 11.8. The lowest BCUT2D eigenvalue weighted by molar-refractivity contribution is 0.0742. The van der Waals surface area contributed by atoms with Crippen molar-refractivity contribution in [1.82, 2.24) is 20.1 Å². The smallest absolute Gasteiger partial charge is 0.335 e. The fraction of sp³-hybridized carbons (Fsp3) is 0.800. The number of nitrogens with one attached hydrogen (secondary N) is 1. The van der Waals surface area contributed by atoms with Crippen molar-refractivity contribution in [3.05, 3.63) is 6.33 Å². The van der Waals surface area contributed by atoms with Gasteiger partial charge in [0.1, 0.15) is 12.4 Å². The lowest BCUT2D eigenvalue weighted by Crippen LogP contribution is -2.35. The minimum atomic E-state index is -0.0565. The predicted octanol–water partition coefficient (Wildman–Crippen LogP) is 0.208. The van der Waals surface area contributed by atoms with E-state index in [1.807, 2.05) is 0 Å². The normalized spacial score (nSPS) is 12.7. The Morgan fingerprint density at radius 3 is 2.94 bits per heavy atom. The molecule has 0 amide bonds. The van der Waals surface area contributed by atoms with Crippen molar-refractivity contribution < 1.29 is 9.47 Å². The highest BCUT2D eigenvalue weighted by Gasteiger charge is 2.12. The highest BCUT2D eigenvalue weighted by molar-refractivity contribution is 4.89. The van der Waals surface area contributed by atoms with Crippen molar-refractivity contribution in [2.24, 2.45) is 7.05 Å². The Morgan fingerprint density at radius 2 is 2.38 bits per heavy atom. The molecule has 1 atom stereocenters. The third-order valence-electron chi connectivity index (χ3n) is 2.00. The molecule has 0 spiro atoms. The van der Waals surface area contributed by atoms with E-state index in [2.05, 4.69) is 22.3 Å². The Kier molecular flexibility index (Phi) is 5.81. The summed E-state index contributed by atoms with van der Waals surface area (Å²) in [6.07, 6.45) is 2.65. The lowest BCUT2D eigenvalue weighted by atomic mass is 10.3. The summed E-state index contributed by atoms with van der Waals surface area (Å²) in [4.78, 5) is 4.01. The number of methoxy groups -OCH3 is 1. The van der Waals surface area contributed by atoms with Crippen LogP contribution in [0.3, 0.4) is 0 Å². The number of aromatic nitrogens is 3. The first-order valence-electron chi connectivity index (χ1n) is 5.48. The van der Waals surface area contributed by atoms with Gasteiger partial charge in [0.25, 0.3) is 0 Å². The van der Waals surface area contributed by atoms with E-state index in [-0.39, 0.29) is 6.10 Å². The predicted molar refractivity (Wildman–Crippen MR) is 60.5 cm³/mol. The second kappa shape index (κ2) is 7.19. The SMILES string of the molecule is CCCNCC(COC)Oc1ncn(C)n1. The summed E-state index contributed by atoms with van der Waals surface area (Å²) in [6.45, 7) is 4.35. The van der Waals surface area contributed by atoms with E-state index >= 15 is 0 Å². The summed E-state index contributed by atoms with van der Waals surface area (Å²) in [6, 6.07) is 0.392. The quantitative estimate of drug-likeness (QED) is 0.644. The molecule has 1 aromatic heterocycles. The van der Waals surface area contributed by atoms with Crippen LogP contribution in [0.25, 0.3) is 0 Å². The first kappa shape index (κ1) is 12.9. The Morgan fingerprint density at radius 1 is 1.56 bits per heavy atom. The topological polar surface area (TPSA) is 61.2 Å². The lowest BCUT2D eigenvalue weighted by Gasteiger charge is -2.16. The minimum Gasteiger partial charge on any atom is -0.455 e. The van der Waals surface area contributed by atoms with E-state index < -0.39 is 0 Å². The van der Waals surface area contributed by atoms with Crippen LogP contribution in [0.4, 0.5) is 0 Å². The standard InChI is InChI=1S/C10H20N4O2/c1-4-5-11-6-9(7-15-3)16-10-12-8-14(2)13-10/h8-9,11H,4-7H2,1-3H3. The fourth-order valence-electron chi connectivity index (χ4n) is 1.28. The Balaban J connectivity index is 2.37. The van der Waals surface area contributed by atoms with Crippen LogP contribution in [0.1, 0.15) is 13.3 Å². The Hall–Kier alpha value is -1.14. The largest absolute Gasteiger partial charge is 0.455 e. The van der Waals surface area contributed by atoms with Crippen molar-refractivity contribution in [3.63, 3.8) is 0 Å². The van der Waals surface area contributed by atoms with Crippen LogP contribution in [0.2, 0.25) is 0 Å². The maximum absolute atomic E-state index is 5.59. The summed E-state index contributed by atoms with van der Waals surface area (Å²) in [7, 11) is 3.46. The number of aryl methyl sites for hydroxylation is 1. The van der Waals surface area contributed by atoms with E-state index in [1.165, 1.54) is 0 Å². The summed E-state index contributed by atoms with van der Waals surface area (Å²) in [5.41, 5.74) is 0. The molecule has 6 heteroatoms. The summed E-state index contributed by atoms with van der Waals surface area (Å²) in [5.74, 6) is 0. The summed E-state index contributed by atoms with van der Waals surface area (Å²) < 4.78 is 12.3. The number of hydrogen-bond acceptors (Lipinski definition) is 5. The van der Waals surface area contributed by atoms with Gasteiger partial charge in [-0.3, -0.25) is 4.68 Å². The van der Waals surface area contributed by atoms with Crippen LogP contribution in [0, 0.1) is 0 Å². The first-order valence-corrected chi connectivity index (χ1v) is 5.48. The molecule has 6 nitrogen and oxygen atoms in total. The number of nitrogens with zero attached hydrogens (tertiary/aromatic N) is 3. The molecule has 1 aromatic rings. The molecule has 92 valence electrons. The van der Waals surface area contributed by atoms with Gasteiger partial charge in [0.2, 0.25) is 0 Å². The highest BCUT2D eigenvalue weighted by Crippen LogP contribution is 2.02. The molecule has 0 aromatic carbocycles. The van der Waals surface area contributed by atoms with Crippen molar-refractivity contribution in [2.45, 2.75) is 19.4 Å². The third kappa shape index (κ3) is 4.59. The van der Waals surface area contributed by atoms with Crippen LogP contribution in [0.15, 0.2) is 6.33 Å². The zero-order valence-electron chi connectivity index (χ0n) is 10.1. The molecular formula is C10H20N4O2. The molecular weight excluding hydrogens is 208 g/mol. The van der Waals surface area contributed by atoms with Crippen LogP contribution < -0.4 is 10.1 Å². The molecule has 1 N–H and O–H groups in total. The number of ether oxygens (including phenoxy) is 2. The highest BCUT2D eigenvalue weighted by atomic mass is 16.5. The van der Waals surface area contributed by atoms with E-state index in [0.29, 0.717) is 12.6 Å². The van der Waals surface area contributed by atoms with Crippen LogP contribution in [-0.4, -0.2) is 47.7 Å². The molecule has 0 radical (unpaired) electrons. The molecule has 1 unspecified atom stereocenters. The Labute approximate surface area is 96.0 Å². The molecule has 0 fully saturated rings. The van der Waals surface area contributed by atoms with Gasteiger partial charge in [-0.1, -0.05) is 6.92 Å². The molecule has 0 bridgehead atoms. The van der Waals surface area contributed by atoms with Gasteiger partial charge in [-0.2, -0.15) is 4.98 Å². The summed E-state index contributed by atoms with van der Waals surface area (Å²) in [5, 5.41) is 7.34. The molecule has 1 heterocycles. The average molecular weight is 228 g/mol. The van der Waals surface area contributed by atoms with Gasteiger partial charge in [-0.15, -0.1) is 5.10 Å². The van der Waals surface area contributed by atoms with Gasteiger partial charge in [0.05, 0.1) is 6.61 Å². The van der Waals surface area contributed by atoms with E-state index in [9.17, 15) is 0 Å². The average Bonchev–Trinajstić information content (AvgIpc) is 2.65. The van der Waals surface area contributed by atoms with Crippen molar-refractivity contribution >= 4 is 0 Å². The second-order valence-electron chi connectivity index (χ2n) is 3.60. The second-order valence-corrected chi connectivity index (χ2v) is 3.60. The maximum atomic E-state index is 5.59. The number of hydrogen-bond donors (Lipinski definition) is 1. The van der Waals surface area contributed by atoms with Gasteiger partial charge >= 0.3 is 6.01 Å². The first-order chi connectivity index (χ1) is 7.76. The van der Waals surface area contributed by atoms with Gasteiger partial charge in [0, 0.05) is 20.7 Å². The van der Waals surface area contributed by atoms with Crippen LogP contribution in [0.5, 0.6) is 6.01 Å². The van der Waals surface area contributed by atoms with Gasteiger partial charge in [0.15, 0.2) is 0 Å². The van der Waals surface area contributed by atoms with Gasteiger partial charge in [-0.05, 0) is 13.0 Å². The summed E-state index contributed by atoms with van der Waals surface area (Å²) >= 11 is 0. The minimum absolute atomic E-state index is 0.0565. The monoisotopic (exact) mass is 228 g/mol. The fourth-order valence-corrected chi connectivity index (χ4v) is 1.28.